The van der Waals surface area contributed by atoms with Crippen molar-refractivity contribution in [1.29, 1.82) is 0 Å². The van der Waals surface area contributed by atoms with Crippen molar-refractivity contribution < 1.29 is 0 Å². The highest BCUT2D eigenvalue weighted by Crippen LogP contribution is 2.19. The number of fused-ring (bicyclic) bond motifs is 1. The van der Waals surface area contributed by atoms with Crippen LogP contribution in [0.25, 0.3) is 10.9 Å². The Bertz CT molecular complexity index is 718. The van der Waals surface area contributed by atoms with Gasteiger partial charge in [0.2, 0.25) is 0 Å². The first-order valence-corrected chi connectivity index (χ1v) is 9.34. The Balaban J connectivity index is 1.51. The fourth-order valence-electron chi connectivity index (χ4n) is 3.64. The number of benzene rings is 1. The lowest BCUT2D eigenvalue weighted by Gasteiger charge is -2.22. The Labute approximate surface area is 150 Å². The minimum absolute atomic E-state index is 0.460. The smallest absolute Gasteiger partial charge is 0.191 e. The largest absolute Gasteiger partial charge is 0.361 e. The van der Waals surface area contributed by atoms with Gasteiger partial charge < -0.3 is 15.6 Å². The van der Waals surface area contributed by atoms with Gasteiger partial charge in [0.25, 0.3) is 0 Å². The Morgan fingerprint density at radius 2 is 2.12 bits per heavy atom. The van der Waals surface area contributed by atoms with E-state index in [1.807, 2.05) is 7.05 Å². The number of rotatable bonds is 5. The molecule has 1 aliphatic heterocycles. The minimum Gasteiger partial charge on any atom is -0.361 e. The Kier molecular flexibility index (Phi) is 5.63. The number of aromatic nitrogens is 1. The van der Waals surface area contributed by atoms with Crippen LogP contribution < -0.4 is 10.6 Å². The van der Waals surface area contributed by atoms with Gasteiger partial charge in [-0.1, -0.05) is 25.1 Å². The summed E-state index contributed by atoms with van der Waals surface area (Å²) in [6.45, 7) is 9.96. The summed E-state index contributed by atoms with van der Waals surface area (Å²) in [5.41, 5.74) is 2.55. The zero-order chi connectivity index (χ0) is 17.8. The number of nitrogens with zero attached hydrogens (tertiary/aromatic N) is 2. The average Bonchev–Trinajstić information content (AvgIpc) is 3.18. The van der Waals surface area contributed by atoms with Crippen LogP contribution in [0.15, 0.2) is 35.5 Å². The van der Waals surface area contributed by atoms with E-state index in [0.717, 1.165) is 32.0 Å². The SMILES string of the molecule is CN=C(NCCc1c[nH]c2ccccc12)NC1CN(C(C)C)CC1C. The third-order valence-electron chi connectivity index (χ3n) is 5.28. The minimum atomic E-state index is 0.460. The van der Waals surface area contributed by atoms with Gasteiger partial charge in [-0.05, 0) is 37.8 Å². The fraction of sp³-hybridized carbons (Fsp3) is 0.550. The lowest BCUT2D eigenvalue weighted by atomic mass is 10.1. The molecule has 1 aliphatic rings. The molecule has 3 rings (SSSR count). The van der Waals surface area contributed by atoms with E-state index < -0.39 is 0 Å². The number of guanidine groups is 1. The van der Waals surface area contributed by atoms with Gasteiger partial charge in [-0.15, -0.1) is 0 Å². The summed E-state index contributed by atoms with van der Waals surface area (Å²) in [6, 6.07) is 9.52. The lowest BCUT2D eigenvalue weighted by Crippen LogP contribution is -2.47. The highest BCUT2D eigenvalue weighted by atomic mass is 15.3. The van der Waals surface area contributed by atoms with Gasteiger partial charge in [0.1, 0.15) is 0 Å². The highest BCUT2D eigenvalue weighted by molar-refractivity contribution is 5.83. The van der Waals surface area contributed by atoms with Crippen molar-refractivity contribution in [1.82, 2.24) is 20.5 Å². The second-order valence-electron chi connectivity index (χ2n) is 7.38. The number of aliphatic imine (C=N–C) groups is 1. The van der Waals surface area contributed by atoms with E-state index in [9.17, 15) is 0 Å². The zero-order valence-corrected chi connectivity index (χ0v) is 15.8. The molecule has 2 aromatic rings. The molecule has 0 aliphatic carbocycles. The van der Waals surface area contributed by atoms with Gasteiger partial charge in [0.15, 0.2) is 5.96 Å². The standard InChI is InChI=1S/C20H31N5/c1-14(2)25-12-15(3)19(13-25)24-20(21-4)22-10-9-16-11-23-18-8-6-5-7-17(16)18/h5-8,11,14-15,19,23H,9-10,12-13H2,1-4H3,(H2,21,22,24). The van der Waals surface area contributed by atoms with Crippen LogP contribution in [0.4, 0.5) is 0 Å². The van der Waals surface area contributed by atoms with E-state index in [0.29, 0.717) is 18.0 Å². The number of aromatic amines is 1. The molecular weight excluding hydrogens is 310 g/mol. The number of hydrogen-bond acceptors (Lipinski definition) is 2. The molecule has 1 saturated heterocycles. The molecule has 0 saturated carbocycles. The van der Waals surface area contributed by atoms with Gasteiger partial charge in [-0.3, -0.25) is 9.89 Å². The van der Waals surface area contributed by atoms with Crippen LogP contribution in [-0.4, -0.2) is 54.6 Å². The van der Waals surface area contributed by atoms with Crippen molar-refractivity contribution in [3.8, 4) is 0 Å². The first-order chi connectivity index (χ1) is 12.1. The van der Waals surface area contributed by atoms with Gasteiger partial charge in [0.05, 0.1) is 0 Å². The van der Waals surface area contributed by atoms with E-state index in [4.69, 9.17) is 0 Å². The maximum atomic E-state index is 4.41. The number of likely N-dealkylation sites (tertiary alicyclic amines) is 1. The summed E-state index contributed by atoms with van der Waals surface area (Å²) in [5.74, 6) is 1.54. The molecule has 2 unspecified atom stereocenters. The molecule has 1 aromatic carbocycles. The molecular formula is C20H31N5. The monoisotopic (exact) mass is 341 g/mol. The fourth-order valence-corrected chi connectivity index (χ4v) is 3.64. The Hall–Kier alpha value is -2.01. The average molecular weight is 342 g/mol. The predicted octanol–water partition coefficient (Wildman–Crippen LogP) is 2.60. The van der Waals surface area contributed by atoms with Crippen LogP contribution in [0, 0.1) is 5.92 Å². The molecule has 0 bridgehead atoms. The van der Waals surface area contributed by atoms with Crippen molar-refractivity contribution >= 4 is 16.9 Å². The second kappa shape index (κ2) is 7.91. The van der Waals surface area contributed by atoms with Crippen LogP contribution in [0.1, 0.15) is 26.3 Å². The third-order valence-corrected chi connectivity index (χ3v) is 5.28. The molecule has 3 N–H and O–H groups in total. The number of para-hydroxylation sites is 1. The van der Waals surface area contributed by atoms with E-state index >= 15 is 0 Å². The van der Waals surface area contributed by atoms with Gasteiger partial charge in [-0.2, -0.15) is 0 Å². The summed E-state index contributed by atoms with van der Waals surface area (Å²) < 4.78 is 0. The summed E-state index contributed by atoms with van der Waals surface area (Å²) in [6.07, 6.45) is 3.09. The molecule has 2 atom stereocenters. The zero-order valence-electron chi connectivity index (χ0n) is 15.8. The summed E-state index contributed by atoms with van der Waals surface area (Å²) in [5, 5.41) is 8.39. The molecule has 2 heterocycles. The first-order valence-electron chi connectivity index (χ1n) is 9.34. The van der Waals surface area contributed by atoms with Crippen molar-refractivity contribution in [3.63, 3.8) is 0 Å². The molecule has 25 heavy (non-hydrogen) atoms. The van der Waals surface area contributed by atoms with E-state index in [2.05, 4.69) is 76.7 Å². The van der Waals surface area contributed by atoms with Gasteiger partial charge in [0, 0.05) is 55.9 Å². The summed E-state index contributed by atoms with van der Waals surface area (Å²) >= 11 is 0. The molecule has 0 spiro atoms. The molecule has 0 radical (unpaired) electrons. The van der Waals surface area contributed by atoms with Crippen LogP contribution in [0.3, 0.4) is 0 Å². The van der Waals surface area contributed by atoms with Crippen molar-refractivity contribution in [2.24, 2.45) is 10.9 Å². The van der Waals surface area contributed by atoms with Crippen molar-refractivity contribution in [2.75, 3.05) is 26.7 Å². The number of H-pyrrole nitrogens is 1. The maximum Gasteiger partial charge on any atom is 0.191 e. The normalized spacial score (nSPS) is 22.0. The Morgan fingerprint density at radius 3 is 2.84 bits per heavy atom. The van der Waals surface area contributed by atoms with Crippen LogP contribution in [0.5, 0.6) is 0 Å². The molecule has 0 amide bonds. The van der Waals surface area contributed by atoms with Crippen molar-refractivity contribution in [3.05, 3.63) is 36.0 Å². The maximum absolute atomic E-state index is 4.41. The van der Waals surface area contributed by atoms with E-state index in [1.54, 1.807) is 0 Å². The van der Waals surface area contributed by atoms with E-state index in [1.165, 1.54) is 16.5 Å². The third kappa shape index (κ3) is 4.15. The summed E-state index contributed by atoms with van der Waals surface area (Å²) in [7, 11) is 1.85. The van der Waals surface area contributed by atoms with Crippen LogP contribution >= 0.6 is 0 Å². The second-order valence-corrected chi connectivity index (χ2v) is 7.38. The molecule has 136 valence electrons. The van der Waals surface area contributed by atoms with Crippen LogP contribution in [0.2, 0.25) is 0 Å². The van der Waals surface area contributed by atoms with Gasteiger partial charge >= 0.3 is 0 Å². The van der Waals surface area contributed by atoms with E-state index in [-0.39, 0.29) is 0 Å². The topological polar surface area (TPSA) is 55.5 Å². The Morgan fingerprint density at radius 1 is 1.32 bits per heavy atom. The number of nitrogens with one attached hydrogen (secondary N) is 3. The van der Waals surface area contributed by atoms with Crippen molar-refractivity contribution in [2.45, 2.75) is 39.3 Å². The molecule has 5 heteroatoms. The first kappa shape index (κ1) is 17.8. The van der Waals surface area contributed by atoms with Crippen LogP contribution in [-0.2, 0) is 6.42 Å². The van der Waals surface area contributed by atoms with Gasteiger partial charge in [-0.25, -0.2) is 0 Å². The molecule has 1 fully saturated rings. The predicted molar refractivity (Wildman–Crippen MR) is 106 cm³/mol. The molecule has 1 aromatic heterocycles. The lowest BCUT2D eigenvalue weighted by molar-refractivity contribution is 0.265. The highest BCUT2D eigenvalue weighted by Gasteiger charge is 2.31. The molecule has 5 nitrogen and oxygen atoms in total. The number of hydrogen-bond donors (Lipinski definition) is 3. The summed E-state index contributed by atoms with van der Waals surface area (Å²) in [4.78, 5) is 10.3. The quantitative estimate of drug-likeness (QED) is 0.579.